The van der Waals surface area contributed by atoms with Crippen molar-refractivity contribution in [2.24, 2.45) is 0 Å². The van der Waals surface area contributed by atoms with Crippen LogP contribution in [0, 0.1) is 6.92 Å². The van der Waals surface area contributed by atoms with Gasteiger partial charge in [0.2, 0.25) is 5.91 Å². The molecule has 0 fully saturated rings. The second kappa shape index (κ2) is 7.28. The summed E-state index contributed by atoms with van der Waals surface area (Å²) in [6.45, 7) is 2.22. The lowest BCUT2D eigenvalue weighted by Gasteiger charge is -2.07. The molecule has 0 saturated carbocycles. The molecule has 2 N–H and O–H groups in total. The van der Waals surface area contributed by atoms with Crippen molar-refractivity contribution < 1.29 is 17.9 Å². The molecular formula is C15H19N3O4S. The van der Waals surface area contributed by atoms with E-state index in [-0.39, 0.29) is 10.8 Å². The highest BCUT2D eigenvalue weighted by atomic mass is 32.2. The summed E-state index contributed by atoms with van der Waals surface area (Å²) in [6.07, 6.45) is 2.01. The van der Waals surface area contributed by atoms with Gasteiger partial charge in [0, 0.05) is 24.4 Å². The zero-order chi connectivity index (χ0) is 16.9. The number of sulfone groups is 1. The van der Waals surface area contributed by atoms with E-state index in [4.69, 9.17) is 4.74 Å². The van der Waals surface area contributed by atoms with E-state index in [1.165, 1.54) is 12.1 Å². The Morgan fingerprint density at radius 1 is 1.30 bits per heavy atom. The van der Waals surface area contributed by atoms with Crippen molar-refractivity contribution in [3.05, 3.63) is 36.0 Å². The molecule has 0 atom stereocenters. The summed E-state index contributed by atoms with van der Waals surface area (Å²) in [6, 6.07) is 7.94. The Bertz CT molecular complexity index is 766. The number of carbonyl (C=O) groups is 1. The highest BCUT2D eigenvalue weighted by molar-refractivity contribution is 7.90. The summed E-state index contributed by atoms with van der Waals surface area (Å²) in [5.74, 6) is 0.943. The molecule has 0 saturated heterocycles. The van der Waals surface area contributed by atoms with Gasteiger partial charge >= 0.3 is 0 Å². The lowest BCUT2D eigenvalue weighted by atomic mass is 10.3. The molecule has 8 heteroatoms. The minimum atomic E-state index is -3.20. The molecular weight excluding hydrogens is 318 g/mol. The van der Waals surface area contributed by atoms with Gasteiger partial charge in [0.15, 0.2) is 15.7 Å². The molecule has 0 aliphatic heterocycles. The van der Waals surface area contributed by atoms with E-state index in [0.29, 0.717) is 31.0 Å². The summed E-state index contributed by atoms with van der Waals surface area (Å²) in [7, 11) is -3.20. The maximum absolute atomic E-state index is 11.7. The number of ether oxygens (including phenoxy) is 1. The molecule has 2 rings (SSSR count). The number of aryl methyl sites for hydroxylation is 1. The first-order chi connectivity index (χ1) is 10.8. The number of hydrogen-bond donors (Lipinski definition) is 2. The van der Waals surface area contributed by atoms with Gasteiger partial charge in [-0.2, -0.15) is 5.10 Å². The fourth-order valence-electron chi connectivity index (χ4n) is 1.89. The van der Waals surface area contributed by atoms with E-state index >= 15 is 0 Å². The SMILES string of the molecule is Cc1cc(NC(=O)CCCOc2ccc(S(C)(=O)=O)cc2)n[nH]1. The molecule has 0 aliphatic carbocycles. The van der Waals surface area contributed by atoms with E-state index < -0.39 is 9.84 Å². The minimum Gasteiger partial charge on any atom is -0.494 e. The minimum absolute atomic E-state index is 0.132. The number of anilines is 1. The Morgan fingerprint density at radius 2 is 2.00 bits per heavy atom. The van der Waals surface area contributed by atoms with Crippen LogP contribution in [0.5, 0.6) is 5.75 Å². The molecule has 0 unspecified atom stereocenters. The van der Waals surface area contributed by atoms with Crippen LogP contribution < -0.4 is 10.1 Å². The standard InChI is InChI=1S/C15H19N3O4S/c1-11-10-14(18-17-11)16-15(19)4-3-9-22-12-5-7-13(8-6-12)23(2,20)21/h5-8,10H,3-4,9H2,1-2H3,(H2,16,17,18,19). The van der Waals surface area contributed by atoms with Crippen molar-refractivity contribution in [2.75, 3.05) is 18.2 Å². The topological polar surface area (TPSA) is 101 Å². The number of H-pyrrole nitrogens is 1. The average Bonchev–Trinajstić information content (AvgIpc) is 2.88. The van der Waals surface area contributed by atoms with Gasteiger partial charge in [0.05, 0.1) is 11.5 Å². The number of amides is 1. The van der Waals surface area contributed by atoms with E-state index in [1.54, 1.807) is 18.2 Å². The second-order valence-corrected chi connectivity index (χ2v) is 7.20. The van der Waals surface area contributed by atoms with Crippen LogP contribution >= 0.6 is 0 Å². The maximum Gasteiger partial charge on any atom is 0.225 e. The Hall–Kier alpha value is -2.35. The van der Waals surface area contributed by atoms with Crippen molar-refractivity contribution in [1.29, 1.82) is 0 Å². The molecule has 2 aromatic rings. The van der Waals surface area contributed by atoms with Crippen molar-refractivity contribution in [3.63, 3.8) is 0 Å². The summed E-state index contributed by atoms with van der Waals surface area (Å²) >= 11 is 0. The number of nitrogens with zero attached hydrogens (tertiary/aromatic N) is 1. The van der Waals surface area contributed by atoms with E-state index in [1.807, 2.05) is 6.92 Å². The van der Waals surface area contributed by atoms with Crippen LogP contribution in [-0.2, 0) is 14.6 Å². The first-order valence-corrected chi connectivity index (χ1v) is 8.98. The maximum atomic E-state index is 11.7. The molecule has 0 aliphatic rings. The number of benzene rings is 1. The Labute approximate surface area is 135 Å². The third kappa shape index (κ3) is 5.41. The molecule has 23 heavy (non-hydrogen) atoms. The molecule has 1 heterocycles. The predicted molar refractivity (Wildman–Crippen MR) is 86.2 cm³/mol. The first kappa shape index (κ1) is 17.0. The largest absolute Gasteiger partial charge is 0.494 e. The zero-order valence-electron chi connectivity index (χ0n) is 13.0. The highest BCUT2D eigenvalue weighted by Gasteiger charge is 2.07. The summed E-state index contributed by atoms with van der Waals surface area (Å²) in [5, 5.41) is 9.35. The van der Waals surface area contributed by atoms with Crippen molar-refractivity contribution in [2.45, 2.75) is 24.7 Å². The summed E-state index contributed by atoms with van der Waals surface area (Å²) < 4.78 is 28.2. The number of hydrogen-bond acceptors (Lipinski definition) is 5. The molecule has 0 radical (unpaired) electrons. The Morgan fingerprint density at radius 3 is 2.57 bits per heavy atom. The van der Waals surface area contributed by atoms with E-state index in [9.17, 15) is 13.2 Å². The number of carbonyl (C=O) groups excluding carboxylic acids is 1. The monoisotopic (exact) mass is 337 g/mol. The zero-order valence-corrected chi connectivity index (χ0v) is 13.8. The average molecular weight is 337 g/mol. The van der Waals surface area contributed by atoms with Crippen LogP contribution in [0.4, 0.5) is 5.82 Å². The van der Waals surface area contributed by atoms with Gasteiger partial charge in [-0.1, -0.05) is 0 Å². The van der Waals surface area contributed by atoms with Gasteiger partial charge in [-0.25, -0.2) is 8.42 Å². The fraction of sp³-hybridized carbons (Fsp3) is 0.333. The number of aromatic amines is 1. The predicted octanol–water partition coefficient (Wildman–Crippen LogP) is 1.92. The molecule has 0 bridgehead atoms. The van der Waals surface area contributed by atoms with Crippen molar-refractivity contribution in [3.8, 4) is 5.75 Å². The third-order valence-corrected chi connectivity index (χ3v) is 4.17. The third-order valence-electron chi connectivity index (χ3n) is 3.04. The molecule has 1 aromatic carbocycles. The van der Waals surface area contributed by atoms with Crippen LogP contribution in [0.25, 0.3) is 0 Å². The summed E-state index contributed by atoms with van der Waals surface area (Å²) in [4.78, 5) is 11.9. The smallest absolute Gasteiger partial charge is 0.225 e. The molecule has 0 spiro atoms. The lowest BCUT2D eigenvalue weighted by molar-refractivity contribution is -0.116. The Kier molecular flexibility index (Phi) is 5.38. The van der Waals surface area contributed by atoms with Crippen molar-refractivity contribution >= 4 is 21.6 Å². The van der Waals surface area contributed by atoms with Crippen LogP contribution in [0.2, 0.25) is 0 Å². The molecule has 1 aromatic heterocycles. The van der Waals surface area contributed by atoms with Gasteiger partial charge in [-0.05, 0) is 37.6 Å². The molecule has 7 nitrogen and oxygen atoms in total. The quantitative estimate of drug-likeness (QED) is 0.752. The van der Waals surface area contributed by atoms with Gasteiger partial charge in [-0.15, -0.1) is 0 Å². The van der Waals surface area contributed by atoms with Gasteiger partial charge in [0.25, 0.3) is 0 Å². The van der Waals surface area contributed by atoms with E-state index in [2.05, 4.69) is 15.5 Å². The number of aromatic nitrogens is 2. The van der Waals surface area contributed by atoms with Crippen LogP contribution in [0.15, 0.2) is 35.2 Å². The van der Waals surface area contributed by atoms with Crippen LogP contribution in [0.1, 0.15) is 18.5 Å². The fourth-order valence-corrected chi connectivity index (χ4v) is 2.52. The Balaban J connectivity index is 1.72. The highest BCUT2D eigenvalue weighted by Crippen LogP contribution is 2.16. The molecule has 1 amide bonds. The van der Waals surface area contributed by atoms with Crippen LogP contribution in [0.3, 0.4) is 0 Å². The van der Waals surface area contributed by atoms with Crippen LogP contribution in [-0.4, -0.2) is 37.4 Å². The normalized spacial score (nSPS) is 11.2. The van der Waals surface area contributed by atoms with Gasteiger partial charge < -0.3 is 10.1 Å². The van der Waals surface area contributed by atoms with Gasteiger partial charge in [-0.3, -0.25) is 9.89 Å². The second-order valence-electron chi connectivity index (χ2n) is 5.18. The lowest BCUT2D eigenvalue weighted by Crippen LogP contribution is -2.13. The summed E-state index contributed by atoms with van der Waals surface area (Å²) in [5.41, 5.74) is 0.876. The van der Waals surface area contributed by atoms with Crippen molar-refractivity contribution in [1.82, 2.24) is 10.2 Å². The number of nitrogens with one attached hydrogen (secondary N) is 2. The van der Waals surface area contributed by atoms with Gasteiger partial charge in [0.1, 0.15) is 5.75 Å². The van der Waals surface area contributed by atoms with E-state index in [0.717, 1.165) is 11.9 Å². The number of rotatable bonds is 7. The first-order valence-electron chi connectivity index (χ1n) is 7.09. The molecule has 124 valence electrons.